The van der Waals surface area contributed by atoms with E-state index in [0.29, 0.717) is 40.9 Å². The average molecular weight is 451 g/mol. The molecule has 0 saturated heterocycles. The molecule has 1 N–H and O–H groups in total. The van der Waals surface area contributed by atoms with Crippen molar-refractivity contribution in [3.8, 4) is 28.7 Å². The third-order valence-corrected chi connectivity index (χ3v) is 5.77. The molecule has 0 saturated carbocycles. The monoisotopic (exact) mass is 450 g/mol. The molecule has 31 heavy (non-hydrogen) atoms. The summed E-state index contributed by atoms with van der Waals surface area (Å²) in [5.41, 5.74) is 3.50. The lowest BCUT2D eigenvalue weighted by Crippen LogP contribution is -2.34. The Morgan fingerprint density at radius 1 is 1.13 bits per heavy atom. The van der Waals surface area contributed by atoms with E-state index in [1.54, 1.807) is 27.4 Å². The second-order valence-electron chi connectivity index (χ2n) is 7.28. The molecular formula is C22H27ClN2O6. The predicted octanol–water partition coefficient (Wildman–Crippen LogP) is 3.66. The van der Waals surface area contributed by atoms with E-state index in [1.165, 1.54) is 0 Å². The van der Waals surface area contributed by atoms with Gasteiger partial charge in [-0.2, -0.15) is 0 Å². The van der Waals surface area contributed by atoms with Crippen LogP contribution in [0.1, 0.15) is 29.2 Å². The summed E-state index contributed by atoms with van der Waals surface area (Å²) in [4.78, 5) is 2.24. The van der Waals surface area contributed by atoms with Crippen LogP contribution in [0.15, 0.2) is 29.4 Å². The third-order valence-electron chi connectivity index (χ3n) is 5.77. The molecular weight excluding hydrogens is 424 g/mol. The van der Waals surface area contributed by atoms with Gasteiger partial charge in [-0.1, -0.05) is 5.16 Å². The van der Waals surface area contributed by atoms with Gasteiger partial charge in [0.1, 0.15) is 0 Å². The SMILES string of the molecule is COc1ccc(/C(CC2c3c(cc4c(c3OC)OCO4)CCN2C)=N\O)cc1OC.Cl. The van der Waals surface area contributed by atoms with Gasteiger partial charge in [0.25, 0.3) is 0 Å². The largest absolute Gasteiger partial charge is 0.493 e. The molecule has 168 valence electrons. The number of methoxy groups -OCH3 is 3. The smallest absolute Gasteiger partial charge is 0.231 e. The Morgan fingerprint density at radius 2 is 1.90 bits per heavy atom. The highest BCUT2D eigenvalue weighted by Crippen LogP contribution is 2.50. The quantitative estimate of drug-likeness (QED) is 0.408. The number of halogens is 1. The number of benzene rings is 2. The van der Waals surface area contributed by atoms with Crippen LogP contribution in [-0.4, -0.2) is 57.5 Å². The van der Waals surface area contributed by atoms with Gasteiger partial charge in [0.2, 0.25) is 12.5 Å². The molecule has 1 unspecified atom stereocenters. The Kier molecular flexibility index (Phi) is 7.02. The number of fused-ring (bicyclic) bond motifs is 2. The van der Waals surface area contributed by atoms with Gasteiger partial charge in [0, 0.05) is 30.1 Å². The molecule has 0 fully saturated rings. The second kappa shape index (κ2) is 9.53. The maximum atomic E-state index is 9.84. The van der Waals surface area contributed by atoms with E-state index in [1.807, 2.05) is 18.2 Å². The van der Waals surface area contributed by atoms with Crippen molar-refractivity contribution in [3.63, 3.8) is 0 Å². The maximum Gasteiger partial charge on any atom is 0.231 e. The first kappa shape index (κ1) is 22.8. The molecule has 1 atom stereocenters. The van der Waals surface area contributed by atoms with Crippen molar-refractivity contribution in [1.82, 2.24) is 4.90 Å². The molecule has 2 aliphatic rings. The Hall–Kier alpha value is -2.84. The maximum absolute atomic E-state index is 9.84. The second-order valence-corrected chi connectivity index (χ2v) is 7.28. The standard InChI is InChI=1S/C22H26N2O6.ClH/c1-24-8-7-14-10-19-21(30-12-29-19)22(28-4)20(14)16(24)11-15(23-25)13-5-6-17(26-2)18(9-13)27-3;/h5-6,9-10,16,25H,7-8,11-12H2,1-4H3;1H/b23-15-;. The summed E-state index contributed by atoms with van der Waals surface area (Å²) in [6.45, 7) is 1.05. The summed E-state index contributed by atoms with van der Waals surface area (Å²) in [5, 5.41) is 13.5. The van der Waals surface area contributed by atoms with Crippen LogP contribution in [0.25, 0.3) is 0 Å². The van der Waals surface area contributed by atoms with Gasteiger partial charge in [-0.3, -0.25) is 4.90 Å². The number of hydrogen-bond donors (Lipinski definition) is 1. The molecule has 2 heterocycles. The molecule has 9 heteroatoms. The van der Waals surface area contributed by atoms with Gasteiger partial charge in [-0.25, -0.2) is 0 Å². The van der Waals surface area contributed by atoms with Crippen LogP contribution in [0.3, 0.4) is 0 Å². The molecule has 0 radical (unpaired) electrons. The van der Waals surface area contributed by atoms with E-state index < -0.39 is 0 Å². The number of nitrogens with zero attached hydrogens (tertiary/aromatic N) is 2. The molecule has 0 aliphatic carbocycles. The van der Waals surface area contributed by atoms with Crippen LogP contribution in [0.5, 0.6) is 28.7 Å². The van der Waals surface area contributed by atoms with Gasteiger partial charge in [-0.05, 0) is 43.3 Å². The Bertz CT molecular complexity index is 981. The number of oxime groups is 1. The molecule has 0 bridgehead atoms. The highest BCUT2D eigenvalue weighted by Gasteiger charge is 2.35. The molecule has 8 nitrogen and oxygen atoms in total. The van der Waals surface area contributed by atoms with Crippen molar-refractivity contribution >= 4 is 18.1 Å². The van der Waals surface area contributed by atoms with Crippen molar-refractivity contribution in [2.45, 2.75) is 18.9 Å². The Balaban J connectivity index is 0.00000272. The Morgan fingerprint density at radius 3 is 2.58 bits per heavy atom. The fraction of sp³-hybridized carbons (Fsp3) is 0.409. The molecule has 2 aromatic carbocycles. The molecule has 0 aromatic heterocycles. The van der Waals surface area contributed by atoms with Crippen LogP contribution in [0, 0.1) is 0 Å². The lowest BCUT2D eigenvalue weighted by molar-refractivity contribution is 0.170. The number of likely N-dealkylation sites (N-methyl/N-ethyl adjacent to an activating group) is 1. The Labute approximate surface area is 187 Å². The van der Waals surface area contributed by atoms with Crippen LogP contribution < -0.4 is 23.7 Å². The normalized spacial score (nSPS) is 17.5. The van der Waals surface area contributed by atoms with Crippen molar-refractivity contribution in [2.24, 2.45) is 5.16 Å². The average Bonchev–Trinajstić information content (AvgIpc) is 3.25. The highest BCUT2D eigenvalue weighted by molar-refractivity contribution is 6.01. The van der Waals surface area contributed by atoms with Crippen molar-refractivity contribution in [2.75, 3.05) is 41.7 Å². The van der Waals surface area contributed by atoms with Gasteiger partial charge in [-0.15, -0.1) is 12.4 Å². The number of ether oxygens (including phenoxy) is 5. The zero-order chi connectivity index (χ0) is 21.3. The van der Waals surface area contributed by atoms with E-state index in [-0.39, 0.29) is 25.2 Å². The van der Waals surface area contributed by atoms with Crippen molar-refractivity contribution in [3.05, 3.63) is 41.0 Å². The third kappa shape index (κ3) is 4.05. The molecule has 0 spiro atoms. The zero-order valence-electron chi connectivity index (χ0n) is 18.0. The fourth-order valence-electron chi connectivity index (χ4n) is 4.20. The minimum absolute atomic E-state index is 0. The van der Waals surface area contributed by atoms with E-state index in [0.717, 1.165) is 29.7 Å². The summed E-state index contributed by atoms with van der Waals surface area (Å²) in [6, 6.07) is 7.45. The first-order valence-corrected chi connectivity index (χ1v) is 9.74. The van der Waals surface area contributed by atoms with Crippen molar-refractivity contribution in [1.29, 1.82) is 0 Å². The molecule has 4 rings (SSSR count). The molecule has 0 amide bonds. The lowest BCUT2D eigenvalue weighted by Gasteiger charge is -2.36. The topological polar surface area (TPSA) is 82.0 Å². The first-order chi connectivity index (χ1) is 14.6. The van der Waals surface area contributed by atoms with E-state index >= 15 is 0 Å². The number of rotatable bonds is 6. The predicted molar refractivity (Wildman–Crippen MR) is 118 cm³/mol. The molecule has 2 aliphatic heterocycles. The minimum atomic E-state index is -0.0582. The van der Waals surface area contributed by atoms with Gasteiger partial charge >= 0.3 is 0 Å². The highest BCUT2D eigenvalue weighted by atomic mass is 35.5. The zero-order valence-corrected chi connectivity index (χ0v) is 18.8. The first-order valence-electron chi connectivity index (χ1n) is 9.74. The van der Waals surface area contributed by atoms with Crippen molar-refractivity contribution < 1.29 is 28.9 Å². The summed E-state index contributed by atoms with van der Waals surface area (Å²) >= 11 is 0. The van der Waals surface area contributed by atoms with Crippen LogP contribution in [0.4, 0.5) is 0 Å². The van der Waals surface area contributed by atoms with Crippen LogP contribution in [0.2, 0.25) is 0 Å². The van der Waals surface area contributed by atoms with Crippen LogP contribution >= 0.6 is 12.4 Å². The van der Waals surface area contributed by atoms with Crippen LogP contribution in [-0.2, 0) is 6.42 Å². The summed E-state index contributed by atoms with van der Waals surface area (Å²) in [7, 11) is 6.86. The number of hydrogen-bond acceptors (Lipinski definition) is 8. The van der Waals surface area contributed by atoms with E-state index in [2.05, 4.69) is 17.1 Å². The summed E-state index contributed by atoms with van der Waals surface area (Å²) < 4.78 is 27.7. The summed E-state index contributed by atoms with van der Waals surface area (Å²) in [6.07, 6.45) is 1.35. The minimum Gasteiger partial charge on any atom is -0.493 e. The van der Waals surface area contributed by atoms with Gasteiger partial charge in [0.15, 0.2) is 23.0 Å². The fourth-order valence-corrected chi connectivity index (χ4v) is 4.20. The van der Waals surface area contributed by atoms with Gasteiger partial charge < -0.3 is 28.9 Å². The van der Waals surface area contributed by atoms with E-state index in [4.69, 9.17) is 23.7 Å². The van der Waals surface area contributed by atoms with Gasteiger partial charge in [0.05, 0.1) is 27.0 Å². The molecule has 2 aromatic rings. The van der Waals surface area contributed by atoms with E-state index in [9.17, 15) is 5.21 Å². The summed E-state index contributed by atoms with van der Waals surface area (Å²) in [5.74, 6) is 3.22. The lowest BCUT2D eigenvalue weighted by atomic mass is 9.87.